The molecule has 0 aromatic heterocycles. The number of hydrogen-bond acceptors (Lipinski definition) is 2. The molecule has 3 rings (SSSR count). The zero-order chi connectivity index (χ0) is 14.8. The number of amides is 1. The molecule has 0 saturated carbocycles. The zero-order valence-electron chi connectivity index (χ0n) is 11.6. The lowest BCUT2D eigenvalue weighted by molar-refractivity contribution is -0.124. The topological polar surface area (TPSA) is 46.3 Å². The molecule has 1 atom stereocenters. The first-order chi connectivity index (χ1) is 10.1. The van der Waals surface area contributed by atoms with Crippen LogP contribution in [-0.2, 0) is 24.3 Å². The van der Waals surface area contributed by atoms with Gasteiger partial charge in [-0.15, -0.1) is 0 Å². The Labute approximate surface area is 132 Å². The summed E-state index contributed by atoms with van der Waals surface area (Å²) in [6.45, 7) is 1.47. The molecule has 0 fully saturated rings. The van der Waals surface area contributed by atoms with E-state index < -0.39 is 0 Å². The van der Waals surface area contributed by atoms with Crippen LogP contribution in [0.15, 0.2) is 53.0 Å². The van der Waals surface area contributed by atoms with Crippen molar-refractivity contribution < 1.29 is 4.79 Å². The van der Waals surface area contributed by atoms with E-state index >= 15 is 0 Å². The molecule has 0 aliphatic carbocycles. The molecule has 21 heavy (non-hydrogen) atoms. The highest BCUT2D eigenvalue weighted by molar-refractivity contribution is 9.10. The van der Waals surface area contributed by atoms with Crippen molar-refractivity contribution in [3.63, 3.8) is 0 Å². The number of primary amides is 1. The Balaban J connectivity index is 1.89. The Morgan fingerprint density at radius 3 is 2.52 bits per heavy atom. The lowest BCUT2D eigenvalue weighted by Gasteiger charge is -2.35. The van der Waals surface area contributed by atoms with E-state index in [1.165, 1.54) is 16.7 Å². The quantitative estimate of drug-likeness (QED) is 0.930. The first kappa shape index (κ1) is 14.3. The lowest BCUT2D eigenvalue weighted by atomic mass is 9.93. The Morgan fingerprint density at radius 1 is 1.14 bits per heavy atom. The number of carbonyl (C=O) groups is 1. The van der Waals surface area contributed by atoms with Crippen molar-refractivity contribution in [1.82, 2.24) is 4.90 Å². The molecular weight excluding hydrogens is 328 g/mol. The van der Waals surface area contributed by atoms with E-state index in [1.54, 1.807) is 0 Å². The highest BCUT2D eigenvalue weighted by atomic mass is 79.9. The Morgan fingerprint density at radius 2 is 1.81 bits per heavy atom. The molecule has 108 valence electrons. The summed E-state index contributed by atoms with van der Waals surface area (Å²) >= 11 is 3.57. The van der Waals surface area contributed by atoms with Crippen molar-refractivity contribution in [3.8, 4) is 0 Å². The molecule has 1 amide bonds. The van der Waals surface area contributed by atoms with Crippen molar-refractivity contribution >= 4 is 21.8 Å². The molecule has 0 bridgehead atoms. The minimum absolute atomic E-state index is 0.244. The first-order valence-corrected chi connectivity index (χ1v) is 7.78. The molecule has 2 aromatic rings. The fraction of sp³-hybridized carbons (Fsp3) is 0.235. The summed E-state index contributed by atoms with van der Waals surface area (Å²) in [5.41, 5.74) is 9.29. The molecular formula is C17H17BrN2O. The predicted molar refractivity (Wildman–Crippen MR) is 86.5 cm³/mol. The van der Waals surface area contributed by atoms with E-state index in [0.29, 0.717) is 13.0 Å². The molecule has 2 aromatic carbocycles. The summed E-state index contributed by atoms with van der Waals surface area (Å²) in [7, 11) is 0. The van der Waals surface area contributed by atoms with Gasteiger partial charge >= 0.3 is 0 Å². The maximum atomic E-state index is 11.8. The molecule has 1 aliphatic rings. The van der Waals surface area contributed by atoms with Crippen molar-refractivity contribution in [3.05, 3.63) is 69.7 Å². The maximum absolute atomic E-state index is 11.8. The van der Waals surface area contributed by atoms with E-state index in [2.05, 4.69) is 39.0 Å². The molecule has 2 N–H and O–H groups in total. The molecule has 1 heterocycles. The summed E-state index contributed by atoms with van der Waals surface area (Å²) in [5.74, 6) is -0.253. The van der Waals surface area contributed by atoms with Gasteiger partial charge in [-0.25, -0.2) is 0 Å². The van der Waals surface area contributed by atoms with E-state index in [4.69, 9.17) is 5.73 Å². The van der Waals surface area contributed by atoms with Crippen LogP contribution in [0.25, 0.3) is 0 Å². The molecule has 3 nitrogen and oxygen atoms in total. The fourth-order valence-electron chi connectivity index (χ4n) is 2.87. The third-order valence-electron chi connectivity index (χ3n) is 4.01. The Kier molecular flexibility index (Phi) is 4.08. The van der Waals surface area contributed by atoms with Crippen LogP contribution in [0.5, 0.6) is 0 Å². The van der Waals surface area contributed by atoms with Crippen molar-refractivity contribution in [2.24, 2.45) is 5.73 Å². The molecule has 1 aliphatic heterocycles. The number of nitrogens with two attached hydrogens (primary N) is 1. The van der Waals surface area contributed by atoms with Gasteiger partial charge in [-0.05, 0) is 29.2 Å². The summed E-state index contributed by atoms with van der Waals surface area (Å²) < 4.78 is 1.06. The third-order valence-corrected chi connectivity index (χ3v) is 4.78. The van der Waals surface area contributed by atoms with Crippen LogP contribution >= 0.6 is 15.9 Å². The molecule has 4 heteroatoms. The SMILES string of the molecule is NC(=O)C1Cc2ccccc2CN1Cc1ccccc1Br. The maximum Gasteiger partial charge on any atom is 0.235 e. The number of benzene rings is 2. The normalized spacial score (nSPS) is 18.2. The highest BCUT2D eigenvalue weighted by Gasteiger charge is 2.30. The number of carbonyl (C=O) groups excluding carboxylic acids is 1. The average molecular weight is 345 g/mol. The Hall–Kier alpha value is -1.65. The van der Waals surface area contributed by atoms with Crippen LogP contribution < -0.4 is 5.73 Å². The molecule has 1 unspecified atom stereocenters. The number of nitrogens with zero attached hydrogens (tertiary/aromatic N) is 1. The second-order valence-corrected chi connectivity index (χ2v) is 6.24. The molecule has 0 spiro atoms. The monoisotopic (exact) mass is 344 g/mol. The second-order valence-electron chi connectivity index (χ2n) is 5.39. The number of hydrogen-bond donors (Lipinski definition) is 1. The van der Waals surface area contributed by atoms with Gasteiger partial charge in [-0.2, -0.15) is 0 Å². The summed E-state index contributed by atoms with van der Waals surface area (Å²) in [4.78, 5) is 14.0. The minimum atomic E-state index is -0.253. The first-order valence-electron chi connectivity index (χ1n) is 6.98. The standard InChI is InChI=1S/C17H17BrN2O/c18-15-8-4-3-7-14(15)11-20-10-13-6-2-1-5-12(13)9-16(20)17(19)21/h1-8,16H,9-11H2,(H2,19,21). The summed E-state index contributed by atoms with van der Waals surface area (Å²) in [6.07, 6.45) is 0.690. The van der Waals surface area contributed by atoms with Crippen LogP contribution in [-0.4, -0.2) is 16.8 Å². The second kappa shape index (κ2) is 6.00. The fourth-order valence-corrected chi connectivity index (χ4v) is 3.28. The van der Waals surface area contributed by atoms with Gasteiger partial charge in [0.25, 0.3) is 0 Å². The van der Waals surface area contributed by atoms with E-state index in [9.17, 15) is 4.79 Å². The summed E-state index contributed by atoms with van der Waals surface area (Å²) in [6, 6.07) is 16.1. The molecule has 0 radical (unpaired) electrons. The summed E-state index contributed by atoms with van der Waals surface area (Å²) in [5, 5.41) is 0. The van der Waals surface area contributed by atoms with E-state index in [0.717, 1.165) is 11.0 Å². The zero-order valence-corrected chi connectivity index (χ0v) is 13.2. The third kappa shape index (κ3) is 3.01. The smallest absolute Gasteiger partial charge is 0.235 e. The number of halogens is 1. The van der Waals surface area contributed by atoms with Gasteiger partial charge in [0.15, 0.2) is 0 Å². The van der Waals surface area contributed by atoms with Gasteiger partial charge in [0.05, 0.1) is 6.04 Å². The van der Waals surface area contributed by atoms with Crippen LogP contribution in [0.4, 0.5) is 0 Å². The van der Waals surface area contributed by atoms with Crippen molar-refractivity contribution in [2.75, 3.05) is 0 Å². The van der Waals surface area contributed by atoms with Crippen molar-refractivity contribution in [1.29, 1.82) is 0 Å². The predicted octanol–water partition coefficient (Wildman–Crippen LogP) is 2.86. The molecule has 0 saturated heterocycles. The van der Waals surface area contributed by atoms with E-state index in [-0.39, 0.29) is 11.9 Å². The largest absolute Gasteiger partial charge is 0.368 e. The van der Waals surface area contributed by atoms with E-state index in [1.807, 2.05) is 30.3 Å². The van der Waals surface area contributed by atoms with Gasteiger partial charge in [0.1, 0.15) is 0 Å². The van der Waals surface area contributed by atoms with Crippen LogP contribution in [0.3, 0.4) is 0 Å². The number of rotatable bonds is 3. The van der Waals surface area contributed by atoms with Gasteiger partial charge < -0.3 is 5.73 Å². The van der Waals surface area contributed by atoms with Gasteiger partial charge in [-0.3, -0.25) is 9.69 Å². The van der Waals surface area contributed by atoms with Gasteiger partial charge in [0.2, 0.25) is 5.91 Å². The number of fused-ring (bicyclic) bond motifs is 1. The highest BCUT2D eigenvalue weighted by Crippen LogP contribution is 2.26. The lowest BCUT2D eigenvalue weighted by Crippen LogP contribution is -2.48. The van der Waals surface area contributed by atoms with Gasteiger partial charge in [0, 0.05) is 17.6 Å². The van der Waals surface area contributed by atoms with Crippen LogP contribution in [0.2, 0.25) is 0 Å². The Bertz CT molecular complexity index is 671. The van der Waals surface area contributed by atoms with Gasteiger partial charge in [-0.1, -0.05) is 58.4 Å². The van der Waals surface area contributed by atoms with Crippen molar-refractivity contribution in [2.45, 2.75) is 25.6 Å². The van der Waals surface area contributed by atoms with Crippen LogP contribution in [0.1, 0.15) is 16.7 Å². The average Bonchev–Trinajstić information content (AvgIpc) is 2.48. The minimum Gasteiger partial charge on any atom is -0.368 e. The van der Waals surface area contributed by atoms with Crippen LogP contribution in [0, 0.1) is 0 Å².